The second-order valence-electron chi connectivity index (χ2n) is 2.97. The van der Waals surface area contributed by atoms with Gasteiger partial charge in [-0.3, -0.25) is 8.37 Å². The van der Waals surface area contributed by atoms with Crippen LogP contribution >= 0.6 is 0 Å². The summed E-state index contributed by atoms with van der Waals surface area (Å²) in [5.74, 6) is 0. The Balaban J connectivity index is 4.29. The van der Waals surface area contributed by atoms with Crippen molar-refractivity contribution in [3.05, 3.63) is 0 Å². The van der Waals surface area contributed by atoms with Crippen molar-refractivity contribution in [2.45, 2.75) is 6.10 Å². The van der Waals surface area contributed by atoms with Gasteiger partial charge in [0, 0.05) is 6.54 Å². The molecule has 0 saturated heterocycles. The van der Waals surface area contributed by atoms with Crippen molar-refractivity contribution >= 4 is 20.2 Å². The van der Waals surface area contributed by atoms with Crippen LogP contribution in [0.25, 0.3) is 0 Å². The second kappa shape index (κ2) is 5.75. The zero-order valence-corrected chi connectivity index (χ0v) is 10.4. The van der Waals surface area contributed by atoms with Crippen LogP contribution in [0.2, 0.25) is 0 Å². The van der Waals surface area contributed by atoms with Crippen molar-refractivity contribution in [2.24, 2.45) is 0 Å². The number of rotatable bonds is 7. The molecule has 0 rings (SSSR count). The van der Waals surface area contributed by atoms with E-state index in [-0.39, 0.29) is 13.2 Å². The Hall–Kier alpha value is -0.220. The summed E-state index contributed by atoms with van der Waals surface area (Å²) in [5.41, 5.74) is 0. The van der Waals surface area contributed by atoms with Crippen LogP contribution in [-0.2, 0) is 28.6 Å². The van der Waals surface area contributed by atoms with Crippen LogP contribution in [0.5, 0.6) is 0 Å². The molecule has 0 aliphatic heterocycles. The lowest BCUT2D eigenvalue weighted by atomic mass is 10.4. The van der Waals surface area contributed by atoms with Crippen LogP contribution in [0.3, 0.4) is 0 Å². The van der Waals surface area contributed by atoms with Gasteiger partial charge in [-0.05, 0) is 7.05 Å². The van der Waals surface area contributed by atoms with Crippen molar-refractivity contribution in [1.82, 2.24) is 5.32 Å². The van der Waals surface area contributed by atoms with Crippen molar-refractivity contribution in [1.29, 1.82) is 0 Å². The van der Waals surface area contributed by atoms with Crippen LogP contribution in [-0.4, -0.2) is 55.7 Å². The molecule has 15 heavy (non-hydrogen) atoms. The molecule has 0 spiro atoms. The van der Waals surface area contributed by atoms with Crippen molar-refractivity contribution in [3.63, 3.8) is 0 Å². The first-order chi connectivity index (χ1) is 6.64. The average molecular weight is 261 g/mol. The Morgan fingerprint density at radius 2 is 1.67 bits per heavy atom. The van der Waals surface area contributed by atoms with E-state index in [1.807, 2.05) is 0 Å². The summed E-state index contributed by atoms with van der Waals surface area (Å²) in [6.07, 6.45) is 0.903. The molecule has 0 aliphatic carbocycles. The Bertz CT molecular complexity index is 372. The van der Waals surface area contributed by atoms with E-state index in [1.54, 1.807) is 7.05 Å². The van der Waals surface area contributed by atoms with Crippen molar-refractivity contribution < 1.29 is 25.2 Å². The summed E-state index contributed by atoms with van der Waals surface area (Å²) >= 11 is 0. The topological polar surface area (TPSA) is 98.8 Å². The van der Waals surface area contributed by atoms with E-state index in [0.29, 0.717) is 0 Å². The molecule has 0 fully saturated rings. The lowest BCUT2D eigenvalue weighted by Crippen LogP contribution is -2.33. The minimum atomic E-state index is -3.63. The fourth-order valence-electron chi connectivity index (χ4n) is 0.795. The number of nitrogens with one attached hydrogen (secondary N) is 1. The standard InChI is InChI=1S/C6H15NO6S2/c1-7-4-6(13-15(3,10)11)5-12-14(2,8)9/h6-7H,4-5H2,1-3H3/t6-/m0/s1. The maximum atomic E-state index is 10.8. The molecule has 0 aliphatic rings. The van der Waals surface area contributed by atoms with E-state index < -0.39 is 26.3 Å². The molecule has 9 heteroatoms. The zero-order chi connectivity index (χ0) is 12.1. The van der Waals surface area contributed by atoms with Gasteiger partial charge in [0.05, 0.1) is 19.1 Å². The van der Waals surface area contributed by atoms with Gasteiger partial charge >= 0.3 is 0 Å². The van der Waals surface area contributed by atoms with Gasteiger partial charge in [0.25, 0.3) is 20.2 Å². The maximum Gasteiger partial charge on any atom is 0.264 e. The largest absolute Gasteiger partial charge is 0.317 e. The van der Waals surface area contributed by atoms with E-state index in [2.05, 4.69) is 13.7 Å². The summed E-state index contributed by atoms with van der Waals surface area (Å²) in [4.78, 5) is 0. The lowest BCUT2D eigenvalue weighted by Gasteiger charge is -2.14. The van der Waals surface area contributed by atoms with Gasteiger partial charge in [-0.15, -0.1) is 0 Å². The van der Waals surface area contributed by atoms with Crippen molar-refractivity contribution in [3.8, 4) is 0 Å². The van der Waals surface area contributed by atoms with Gasteiger partial charge in [-0.1, -0.05) is 0 Å². The molecular weight excluding hydrogens is 246 g/mol. The first-order valence-corrected chi connectivity index (χ1v) is 7.64. The highest BCUT2D eigenvalue weighted by Gasteiger charge is 2.17. The highest BCUT2D eigenvalue weighted by Crippen LogP contribution is 2.00. The molecule has 7 nitrogen and oxygen atoms in total. The molecule has 0 bridgehead atoms. The molecule has 0 heterocycles. The summed E-state index contributed by atoms with van der Waals surface area (Å²) in [6, 6.07) is 0. The Kier molecular flexibility index (Phi) is 5.67. The predicted molar refractivity (Wildman–Crippen MR) is 54.4 cm³/mol. The minimum absolute atomic E-state index is 0.169. The molecule has 0 radical (unpaired) electrons. The molecule has 0 unspecified atom stereocenters. The van der Waals surface area contributed by atoms with Crippen LogP contribution < -0.4 is 5.32 Å². The maximum absolute atomic E-state index is 10.8. The Morgan fingerprint density at radius 1 is 1.13 bits per heavy atom. The van der Waals surface area contributed by atoms with Crippen LogP contribution in [0.1, 0.15) is 0 Å². The molecule has 0 aromatic carbocycles. The third-order valence-corrected chi connectivity index (χ3v) is 2.40. The predicted octanol–water partition coefficient (Wildman–Crippen LogP) is -1.47. The van der Waals surface area contributed by atoms with Gasteiger partial charge in [0.2, 0.25) is 0 Å². The van der Waals surface area contributed by atoms with Crippen molar-refractivity contribution in [2.75, 3.05) is 32.7 Å². The highest BCUT2D eigenvalue weighted by atomic mass is 32.2. The third-order valence-electron chi connectivity index (χ3n) is 1.21. The molecule has 92 valence electrons. The van der Waals surface area contributed by atoms with Gasteiger partial charge < -0.3 is 5.32 Å². The average Bonchev–Trinajstić information content (AvgIpc) is 1.96. The van der Waals surface area contributed by atoms with Gasteiger partial charge in [-0.25, -0.2) is 0 Å². The fourth-order valence-corrected chi connectivity index (χ4v) is 1.81. The van der Waals surface area contributed by atoms with Crippen LogP contribution in [0, 0.1) is 0 Å². The third kappa shape index (κ3) is 10.1. The normalized spacial score (nSPS) is 15.1. The smallest absolute Gasteiger partial charge is 0.264 e. The molecule has 0 aromatic rings. The molecule has 1 atom stereocenters. The van der Waals surface area contributed by atoms with E-state index in [0.717, 1.165) is 12.5 Å². The molecular formula is C6H15NO6S2. The fraction of sp³-hybridized carbons (Fsp3) is 1.00. The van der Waals surface area contributed by atoms with E-state index in [1.165, 1.54) is 0 Å². The summed E-state index contributed by atoms with van der Waals surface area (Å²) in [7, 11) is -5.64. The molecule has 0 aromatic heterocycles. The quantitative estimate of drug-likeness (QED) is 0.558. The minimum Gasteiger partial charge on any atom is -0.317 e. The highest BCUT2D eigenvalue weighted by molar-refractivity contribution is 7.86. The second-order valence-corrected chi connectivity index (χ2v) is 6.21. The number of likely N-dealkylation sites (N-methyl/N-ethyl adjacent to an activating group) is 1. The van der Waals surface area contributed by atoms with E-state index >= 15 is 0 Å². The van der Waals surface area contributed by atoms with E-state index in [4.69, 9.17) is 0 Å². The number of hydrogen-bond donors (Lipinski definition) is 1. The lowest BCUT2D eigenvalue weighted by molar-refractivity contribution is 0.139. The summed E-state index contributed by atoms with van der Waals surface area (Å²) in [6.45, 7) is -0.171. The summed E-state index contributed by atoms with van der Waals surface area (Å²) < 4.78 is 51.9. The Labute approximate surface area is 90.0 Å². The summed E-state index contributed by atoms with van der Waals surface area (Å²) in [5, 5.41) is 2.66. The van der Waals surface area contributed by atoms with Gasteiger partial charge in [-0.2, -0.15) is 16.8 Å². The van der Waals surface area contributed by atoms with Gasteiger partial charge in [0.15, 0.2) is 0 Å². The molecule has 0 amide bonds. The van der Waals surface area contributed by atoms with Crippen LogP contribution in [0.4, 0.5) is 0 Å². The first kappa shape index (κ1) is 14.8. The first-order valence-electron chi connectivity index (χ1n) is 4.01. The Morgan fingerprint density at radius 3 is 2.00 bits per heavy atom. The van der Waals surface area contributed by atoms with E-state index in [9.17, 15) is 16.8 Å². The monoisotopic (exact) mass is 261 g/mol. The molecule has 0 saturated carbocycles. The van der Waals surface area contributed by atoms with Crippen LogP contribution in [0.15, 0.2) is 0 Å². The SMILES string of the molecule is CNC[C@@H](COS(C)(=O)=O)OS(C)(=O)=O. The zero-order valence-electron chi connectivity index (χ0n) is 8.76. The van der Waals surface area contributed by atoms with Gasteiger partial charge in [0.1, 0.15) is 6.10 Å². The molecule has 1 N–H and O–H groups in total. The number of hydrogen-bond acceptors (Lipinski definition) is 7.